The lowest BCUT2D eigenvalue weighted by Crippen LogP contribution is -2.13. The molecule has 0 heterocycles. The fourth-order valence-corrected chi connectivity index (χ4v) is 2.44. The molecule has 0 spiro atoms. The van der Waals surface area contributed by atoms with E-state index in [-0.39, 0.29) is 37.0 Å². The van der Waals surface area contributed by atoms with Crippen LogP contribution >= 0.6 is 0 Å². The van der Waals surface area contributed by atoms with Crippen molar-refractivity contribution in [1.82, 2.24) is 0 Å². The Labute approximate surface area is 147 Å². The number of carbonyl (C=O) groups excluding carboxylic acids is 4. The molecule has 0 radical (unpaired) electrons. The van der Waals surface area contributed by atoms with Crippen LogP contribution in [0.25, 0.3) is 0 Å². The van der Waals surface area contributed by atoms with Crippen molar-refractivity contribution in [2.24, 2.45) is 0 Å². The maximum absolute atomic E-state index is 12.3. The van der Waals surface area contributed by atoms with Crippen LogP contribution in [0, 0.1) is 6.92 Å². The minimum atomic E-state index is -0.440. The molecule has 25 heavy (non-hydrogen) atoms. The minimum Gasteiger partial charge on any atom is -0.464 e. The number of benzene rings is 1. The summed E-state index contributed by atoms with van der Waals surface area (Å²) in [6.45, 7) is 6.62. The first-order valence-electron chi connectivity index (χ1n) is 8.21. The zero-order valence-corrected chi connectivity index (χ0v) is 15.1. The summed E-state index contributed by atoms with van der Waals surface area (Å²) in [5.74, 6) is -0.992. The first-order chi connectivity index (χ1) is 11.8. The smallest absolute Gasteiger partial charge is 0.332 e. The van der Waals surface area contributed by atoms with Gasteiger partial charge in [0.05, 0.1) is 6.61 Å². The number of ketones is 3. The quantitative estimate of drug-likeness (QED) is 0.367. The van der Waals surface area contributed by atoms with Gasteiger partial charge < -0.3 is 9.47 Å². The van der Waals surface area contributed by atoms with E-state index in [2.05, 4.69) is 0 Å². The number of rotatable bonds is 10. The minimum absolute atomic E-state index is 0.143. The first kappa shape index (κ1) is 20.7. The predicted octanol–water partition coefficient (Wildman–Crippen LogP) is 2.94. The predicted molar refractivity (Wildman–Crippen MR) is 92.2 cm³/mol. The molecule has 0 atom stereocenters. The average molecular weight is 348 g/mol. The summed E-state index contributed by atoms with van der Waals surface area (Å²) in [5, 5.41) is 0. The van der Waals surface area contributed by atoms with Crippen molar-refractivity contribution in [3.63, 3.8) is 0 Å². The Morgan fingerprint density at radius 2 is 1.56 bits per heavy atom. The van der Waals surface area contributed by atoms with Crippen molar-refractivity contribution in [1.29, 1.82) is 0 Å². The van der Waals surface area contributed by atoms with Crippen molar-refractivity contribution >= 4 is 23.3 Å². The van der Waals surface area contributed by atoms with Gasteiger partial charge in [0.2, 0.25) is 0 Å². The van der Waals surface area contributed by atoms with E-state index >= 15 is 0 Å². The van der Waals surface area contributed by atoms with Gasteiger partial charge in [0, 0.05) is 29.7 Å². The molecular formula is C19H24O6. The molecule has 0 amide bonds. The van der Waals surface area contributed by atoms with Crippen LogP contribution in [0.1, 0.15) is 70.3 Å². The second kappa shape index (κ2) is 9.84. The maximum Gasteiger partial charge on any atom is 0.332 e. The van der Waals surface area contributed by atoms with E-state index in [1.807, 2.05) is 0 Å². The molecule has 0 aliphatic rings. The average Bonchev–Trinajstić information content (AvgIpc) is 2.54. The zero-order chi connectivity index (χ0) is 19.0. The second-order valence-electron chi connectivity index (χ2n) is 5.69. The molecule has 6 heteroatoms. The number of hydrogen-bond donors (Lipinski definition) is 0. The summed E-state index contributed by atoms with van der Waals surface area (Å²) in [6.07, 6.45) is 0.623. The highest BCUT2D eigenvalue weighted by Crippen LogP contribution is 2.20. The summed E-state index contributed by atoms with van der Waals surface area (Å²) in [5.41, 5.74) is 1.70. The highest BCUT2D eigenvalue weighted by Gasteiger charge is 2.17. The van der Waals surface area contributed by atoms with Crippen LogP contribution in [-0.2, 0) is 14.3 Å². The van der Waals surface area contributed by atoms with E-state index in [9.17, 15) is 19.2 Å². The lowest BCUT2D eigenvalue weighted by atomic mass is 9.92. The molecule has 0 saturated heterocycles. The fourth-order valence-electron chi connectivity index (χ4n) is 2.44. The van der Waals surface area contributed by atoms with Gasteiger partial charge in [0.15, 0.2) is 17.3 Å². The van der Waals surface area contributed by atoms with Gasteiger partial charge in [-0.15, -0.1) is 0 Å². The van der Waals surface area contributed by atoms with Crippen molar-refractivity contribution in [2.75, 3.05) is 19.8 Å². The third kappa shape index (κ3) is 6.23. The molecule has 1 rings (SSSR count). The number of esters is 1. The summed E-state index contributed by atoms with van der Waals surface area (Å²) < 4.78 is 9.87. The van der Waals surface area contributed by atoms with Gasteiger partial charge in [-0.2, -0.15) is 0 Å². The Morgan fingerprint density at radius 3 is 2.04 bits per heavy atom. The van der Waals surface area contributed by atoms with Crippen molar-refractivity contribution in [3.05, 3.63) is 34.4 Å². The van der Waals surface area contributed by atoms with E-state index in [1.54, 1.807) is 13.8 Å². The zero-order valence-electron chi connectivity index (χ0n) is 15.1. The van der Waals surface area contributed by atoms with Gasteiger partial charge in [0.1, 0.15) is 6.61 Å². The van der Waals surface area contributed by atoms with Crippen LogP contribution < -0.4 is 0 Å². The normalized spacial score (nSPS) is 10.4. The van der Waals surface area contributed by atoms with E-state index in [0.717, 1.165) is 0 Å². The van der Waals surface area contributed by atoms with Gasteiger partial charge in [-0.25, -0.2) is 4.79 Å². The van der Waals surface area contributed by atoms with Crippen LogP contribution in [0.3, 0.4) is 0 Å². The van der Waals surface area contributed by atoms with Gasteiger partial charge in [-0.05, 0) is 51.8 Å². The summed E-state index contributed by atoms with van der Waals surface area (Å²) in [6, 6.07) is 3.07. The standard InChI is InChI=1S/C19H24O6/c1-5-25-19(23)11-24-8-6-7-18(22)15-9-16(13(3)20)12(2)17(10-15)14(4)21/h9-10H,5-8,11H2,1-4H3. The largest absolute Gasteiger partial charge is 0.464 e. The van der Waals surface area contributed by atoms with Crippen molar-refractivity contribution < 1.29 is 28.7 Å². The number of ether oxygens (including phenoxy) is 2. The van der Waals surface area contributed by atoms with Crippen LogP contribution in [-0.4, -0.2) is 43.1 Å². The molecule has 1 aromatic carbocycles. The Kier molecular flexibility index (Phi) is 8.15. The molecule has 0 unspecified atom stereocenters. The van der Waals surface area contributed by atoms with E-state index in [0.29, 0.717) is 35.3 Å². The third-order valence-corrected chi connectivity index (χ3v) is 3.71. The lowest BCUT2D eigenvalue weighted by Gasteiger charge is -2.11. The summed E-state index contributed by atoms with van der Waals surface area (Å²) in [4.78, 5) is 46.9. The van der Waals surface area contributed by atoms with E-state index < -0.39 is 5.97 Å². The maximum atomic E-state index is 12.3. The van der Waals surface area contributed by atoms with E-state index in [1.165, 1.54) is 26.0 Å². The van der Waals surface area contributed by atoms with E-state index in [4.69, 9.17) is 9.47 Å². The number of hydrogen-bond acceptors (Lipinski definition) is 6. The van der Waals surface area contributed by atoms with Crippen molar-refractivity contribution in [2.45, 2.75) is 40.5 Å². The Hall–Kier alpha value is -2.34. The van der Waals surface area contributed by atoms with Crippen LogP contribution in [0.15, 0.2) is 12.1 Å². The Bertz CT molecular complexity index is 639. The van der Waals surface area contributed by atoms with Crippen molar-refractivity contribution in [3.8, 4) is 0 Å². The third-order valence-electron chi connectivity index (χ3n) is 3.71. The second-order valence-corrected chi connectivity index (χ2v) is 5.69. The fraction of sp³-hybridized carbons (Fsp3) is 0.474. The van der Waals surface area contributed by atoms with Crippen LogP contribution in [0.4, 0.5) is 0 Å². The number of Topliss-reactive ketones (excluding diaryl/α,β-unsaturated/α-hetero) is 3. The SMILES string of the molecule is CCOC(=O)COCCCC(=O)c1cc(C(C)=O)c(C)c(C(C)=O)c1. The molecule has 0 aromatic heterocycles. The van der Waals surface area contributed by atoms with Gasteiger partial charge >= 0.3 is 5.97 Å². The van der Waals surface area contributed by atoms with Crippen LogP contribution in [0.2, 0.25) is 0 Å². The van der Waals surface area contributed by atoms with Gasteiger partial charge in [0.25, 0.3) is 0 Å². The molecule has 0 aliphatic heterocycles. The highest BCUT2D eigenvalue weighted by molar-refractivity contribution is 6.06. The van der Waals surface area contributed by atoms with Gasteiger partial charge in [-0.3, -0.25) is 14.4 Å². The molecule has 6 nitrogen and oxygen atoms in total. The number of carbonyl (C=O) groups is 4. The molecule has 0 N–H and O–H groups in total. The van der Waals surface area contributed by atoms with Crippen LogP contribution in [0.5, 0.6) is 0 Å². The lowest BCUT2D eigenvalue weighted by molar-refractivity contribution is -0.148. The molecule has 0 aliphatic carbocycles. The molecule has 136 valence electrons. The summed E-state index contributed by atoms with van der Waals surface area (Å²) in [7, 11) is 0. The molecule has 0 saturated carbocycles. The monoisotopic (exact) mass is 348 g/mol. The van der Waals surface area contributed by atoms with Gasteiger partial charge in [-0.1, -0.05) is 0 Å². The molecule has 0 fully saturated rings. The molecule has 1 aromatic rings. The highest BCUT2D eigenvalue weighted by atomic mass is 16.6. The Balaban J connectivity index is 2.71. The summed E-state index contributed by atoms with van der Waals surface area (Å²) >= 11 is 0. The topological polar surface area (TPSA) is 86.7 Å². The Morgan fingerprint density at radius 1 is 1.00 bits per heavy atom. The first-order valence-corrected chi connectivity index (χ1v) is 8.21. The molecular weight excluding hydrogens is 324 g/mol. The molecule has 0 bridgehead atoms.